The fourth-order valence-electron chi connectivity index (χ4n) is 4.17. The number of benzene rings is 3. The van der Waals surface area contributed by atoms with E-state index in [4.69, 9.17) is 23.2 Å². The molecule has 0 heterocycles. The lowest BCUT2D eigenvalue weighted by atomic mass is 10.1. The van der Waals surface area contributed by atoms with Crippen molar-refractivity contribution in [1.82, 2.24) is 10.2 Å². The van der Waals surface area contributed by atoms with Gasteiger partial charge in [-0.3, -0.25) is 13.9 Å². The van der Waals surface area contributed by atoms with Crippen molar-refractivity contribution in [2.24, 2.45) is 0 Å². The number of anilines is 1. The molecule has 40 heavy (non-hydrogen) atoms. The van der Waals surface area contributed by atoms with E-state index in [0.29, 0.717) is 6.42 Å². The molecular formula is C30H35Cl2N3O4S. The third-order valence-corrected chi connectivity index (χ3v) is 8.47. The van der Waals surface area contributed by atoms with Crippen LogP contribution in [0.2, 0.25) is 10.0 Å². The second-order valence-corrected chi connectivity index (χ2v) is 13.3. The van der Waals surface area contributed by atoms with E-state index >= 15 is 0 Å². The van der Waals surface area contributed by atoms with Gasteiger partial charge in [0.2, 0.25) is 11.8 Å². The van der Waals surface area contributed by atoms with Crippen LogP contribution in [0, 0.1) is 6.92 Å². The van der Waals surface area contributed by atoms with Crippen LogP contribution >= 0.6 is 23.2 Å². The normalized spacial score (nSPS) is 12.5. The lowest BCUT2D eigenvalue weighted by Crippen LogP contribution is -2.55. The zero-order valence-electron chi connectivity index (χ0n) is 23.3. The summed E-state index contributed by atoms with van der Waals surface area (Å²) in [4.78, 5) is 28.9. The number of carbonyl (C=O) groups excluding carboxylic acids is 2. The maximum atomic E-state index is 14.1. The van der Waals surface area contributed by atoms with Crippen molar-refractivity contribution >= 4 is 50.7 Å². The zero-order valence-corrected chi connectivity index (χ0v) is 25.6. The summed E-state index contributed by atoms with van der Waals surface area (Å²) in [5, 5.41) is 3.32. The van der Waals surface area contributed by atoms with Crippen LogP contribution in [-0.2, 0) is 26.2 Å². The second-order valence-electron chi connectivity index (χ2n) is 10.6. The molecule has 0 aliphatic rings. The van der Waals surface area contributed by atoms with E-state index in [1.54, 1.807) is 18.2 Å². The van der Waals surface area contributed by atoms with Gasteiger partial charge in [-0.05, 0) is 70.0 Å². The molecule has 0 saturated heterocycles. The Labute approximate surface area is 247 Å². The molecule has 1 unspecified atom stereocenters. The van der Waals surface area contributed by atoms with Crippen LogP contribution < -0.4 is 9.62 Å². The quantitative estimate of drug-likeness (QED) is 0.298. The van der Waals surface area contributed by atoms with Gasteiger partial charge in [0.05, 0.1) is 15.6 Å². The predicted molar refractivity (Wildman–Crippen MR) is 161 cm³/mol. The minimum absolute atomic E-state index is 0.0126. The lowest BCUT2D eigenvalue weighted by molar-refractivity contribution is -0.141. The molecule has 0 radical (unpaired) electrons. The van der Waals surface area contributed by atoms with Crippen molar-refractivity contribution in [3.8, 4) is 0 Å². The summed E-state index contributed by atoms with van der Waals surface area (Å²) in [6.45, 7) is 8.87. The minimum atomic E-state index is -4.24. The minimum Gasteiger partial charge on any atom is -0.350 e. The van der Waals surface area contributed by atoms with E-state index in [9.17, 15) is 18.0 Å². The van der Waals surface area contributed by atoms with Gasteiger partial charge >= 0.3 is 0 Å². The Morgan fingerprint density at radius 1 is 0.950 bits per heavy atom. The van der Waals surface area contributed by atoms with Crippen LogP contribution in [-0.4, -0.2) is 43.3 Å². The molecule has 3 aromatic carbocycles. The van der Waals surface area contributed by atoms with Gasteiger partial charge in [0.15, 0.2) is 0 Å². The smallest absolute Gasteiger partial charge is 0.264 e. The Hall–Kier alpha value is -3.07. The number of rotatable bonds is 10. The Balaban J connectivity index is 2.10. The fourth-order valence-corrected chi connectivity index (χ4v) is 6.05. The number of aryl methyl sites for hydroxylation is 1. The molecule has 3 rings (SSSR count). The molecule has 0 bridgehead atoms. The molecule has 3 aromatic rings. The molecule has 7 nitrogen and oxygen atoms in total. The number of hydrogen-bond donors (Lipinski definition) is 1. The molecular weight excluding hydrogens is 569 g/mol. The summed E-state index contributed by atoms with van der Waals surface area (Å²) in [5.41, 5.74) is 1.39. The van der Waals surface area contributed by atoms with Crippen molar-refractivity contribution in [3.05, 3.63) is 94.0 Å². The van der Waals surface area contributed by atoms with Gasteiger partial charge in [-0.2, -0.15) is 0 Å². The Morgan fingerprint density at radius 2 is 1.57 bits per heavy atom. The van der Waals surface area contributed by atoms with Crippen molar-refractivity contribution in [3.63, 3.8) is 0 Å². The van der Waals surface area contributed by atoms with Crippen LogP contribution in [0.25, 0.3) is 0 Å². The molecule has 2 amide bonds. The molecule has 0 aliphatic heterocycles. The maximum absolute atomic E-state index is 14.1. The van der Waals surface area contributed by atoms with E-state index in [2.05, 4.69) is 5.32 Å². The summed E-state index contributed by atoms with van der Waals surface area (Å²) in [6, 6.07) is 19.0. The van der Waals surface area contributed by atoms with E-state index in [1.165, 1.54) is 35.2 Å². The first-order valence-corrected chi connectivity index (χ1v) is 15.1. The largest absolute Gasteiger partial charge is 0.350 e. The van der Waals surface area contributed by atoms with E-state index in [0.717, 1.165) is 15.4 Å². The number of halogens is 2. The molecule has 10 heteroatoms. The molecule has 0 aromatic heterocycles. The van der Waals surface area contributed by atoms with Crippen molar-refractivity contribution in [1.29, 1.82) is 0 Å². The highest BCUT2D eigenvalue weighted by molar-refractivity contribution is 7.92. The Morgan fingerprint density at radius 3 is 2.15 bits per heavy atom. The van der Waals surface area contributed by atoms with Crippen LogP contribution in [0.3, 0.4) is 0 Å². The second kappa shape index (κ2) is 13.1. The van der Waals surface area contributed by atoms with Crippen molar-refractivity contribution in [2.45, 2.75) is 64.1 Å². The van der Waals surface area contributed by atoms with Gasteiger partial charge in [0.1, 0.15) is 12.6 Å². The molecule has 214 valence electrons. The average molecular weight is 605 g/mol. The number of amides is 2. The summed E-state index contributed by atoms with van der Waals surface area (Å²) in [7, 11) is -4.24. The van der Waals surface area contributed by atoms with Crippen LogP contribution in [0.1, 0.15) is 45.2 Å². The van der Waals surface area contributed by atoms with Gasteiger partial charge in [0.25, 0.3) is 10.0 Å². The Kier molecular flexibility index (Phi) is 10.3. The van der Waals surface area contributed by atoms with Crippen molar-refractivity contribution in [2.75, 3.05) is 10.8 Å². The van der Waals surface area contributed by atoms with Gasteiger partial charge in [-0.25, -0.2) is 8.42 Å². The first-order chi connectivity index (χ1) is 18.7. The molecule has 1 N–H and O–H groups in total. The number of nitrogens with one attached hydrogen (secondary N) is 1. The predicted octanol–water partition coefficient (Wildman–Crippen LogP) is 6.22. The summed E-state index contributed by atoms with van der Waals surface area (Å²) < 4.78 is 28.7. The average Bonchev–Trinajstić information content (AvgIpc) is 2.89. The zero-order chi connectivity index (χ0) is 29.7. The van der Waals surface area contributed by atoms with Crippen LogP contribution in [0.5, 0.6) is 0 Å². The number of sulfonamides is 1. The standard InChI is InChI=1S/C30H35Cl2N3O4S/c1-6-26(29(37)33-30(3,4)5)34(19-22-14-12-21(2)13-15-22)28(36)20-35(27-18-23(31)16-17-25(27)32)40(38,39)24-10-8-7-9-11-24/h7-18,26H,6,19-20H2,1-5H3,(H,33,37). The topological polar surface area (TPSA) is 86.8 Å². The SMILES string of the molecule is CCC(C(=O)NC(C)(C)C)N(Cc1ccc(C)cc1)C(=O)CN(c1cc(Cl)ccc1Cl)S(=O)(=O)c1ccccc1. The highest BCUT2D eigenvalue weighted by Crippen LogP contribution is 2.33. The van der Waals surface area contributed by atoms with Crippen molar-refractivity contribution < 1.29 is 18.0 Å². The third kappa shape index (κ3) is 7.99. The third-order valence-electron chi connectivity index (χ3n) is 6.14. The van der Waals surface area contributed by atoms with E-state index < -0.39 is 34.1 Å². The van der Waals surface area contributed by atoms with Gasteiger partial charge in [0, 0.05) is 17.1 Å². The summed E-state index contributed by atoms with van der Waals surface area (Å²) >= 11 is 12.7. The first kappa shape index (κ1) is 31.5. The van der Waals surface area contributed by atoms with Gasteiger partial charge in [-0.1, -0.05) is 78.2 Å². The van der Waals surface area contributed by atoms with Crippen LogP contribution in [0.15, 0.2) is 77.7 Å². The number of hydrogen-bond acceptors (Lipinski definition) is 4. The summed E-state index contributed by atoms with van der Waals surface area (Å²) in [5.74, 6) is -0.888. The highest BCUT2D eigenvalue weighted by atomic mass is 35.5. The number of carbonyl (C=O) groups is 2. The van der Waals surface area contributed by atoms with Gasteiger partial charge in [-0.15, -0.1) is 0 Å². The van der Waals surface area contributed by atoms with Crippen LogP contribution in [0.4, 0.5) is 5.69 Å². The number of nitrogens with zero attached hydrogens (tertiary/aromatic N) is 2. The van der Waals surface area contributed by atoms with E-state index in [-0.39, 0.29) is 33.1 Å². The highest BCUT2D eigenvalue weighted by Gasteiger charge is 2.35. The fraction of sp³-hybridized carbons (Fsp3) is 0.333. The van der Waals surface area contributed by atoms with Gasteiger partial charge < -0.3 is 10.2 Å². The molecule has 1 atom stereocenters. The monoisotopic (exact) mass is 603 g/mol. The van der Waals surface area contributed by atoms with E-state index in [1.807, 2.05) is 58.9 Å². The Bertz CT molecular complexity index is 1440. The first-order valence-electron chi connectivity index (χ1n) is 12.9. The molecule has 0 aliphatic carbocycles. The molecule has 0 spiro atoms. The molecule has 0 saturated carbocycles. The maximum Gasteiger partial charge on any atom is 0.264 e. The molecule has 0 fully saturated rings. The lowest BCUT2D eigenvalue weighted by Gasteiger charge is -2.35. The summed E-state index contributed by atoms with van der Waals surface area (Å²) in [6.07, 6.45) is 0.322.